The second-order valence-electron chi connectivity index (χ2n) is 6.91. The average Bonchev–Trinajstić information content (AvgIpc) is 2.97. The molecule has 3 N–H and O–H groups in total. The van der Waals surface area contributed by atoms with Gasteiger partial charge in [-0.25, -0.2) is 22.7 Å². The third-order valence-electron chi connectivity index (χ3n) is 5.13. The molecule has 1 aromatic carbocycles. The van der Waals surface area contributed by atoms with Crippen LogP contribution in [0.25, 0.3) is 0 Å². The first kappa shape index (κ1) is 18.7. The second kappa shape index (κ2) is 6.46. The summed E-state index contributed by atoms with van der Waals surface area (Å²) in [6.07, 6.45) is 2.64. The number of nitrogens with one attached hydrogen (secondary N) is 1. The van der Waals surface area contributed by atoms with Crippen molar-refractivity contribution in [1.82, 2.24) is 9.29 Å². The molecule has 0 saturated heterocycles. The lowest BCUT2D eigenvalue weighted by Gasteiger charge is -2.34. The molecule has 0 fully saturated rings. The zero-order valence-corrected chi connectivity index (χ0v) is 16.6. The number of guanidine groups is 1. The van der Waals surface area contributed by atoms with Gasteiger partial charge in [0.05, 0.1) is 10.8 Å². The minimum atomic E-state index is -3.56. The van der Waals surface area contributed by atoms with E-state index in [0.717, 1.165) is 15.4 Å². The van der Waals surface area contributed by atoms with Gasteiger partial charge in [0, 0.05) is 18.9 Å². The average molecular weight is 420 g/mol. The normalized spacial score (nSPS) is 22.6. The van der Waals surface area contributed by atoms with Gasteiger partial charge in [0.1, 0.15) is 11.2 Å². The Kier molecular flexibility index (Phi) is 4.31. The molecule has 1 unspecified atom stereocenters. The van der Waals surface area contributed by atoms with E-state index in [1.54, 1.807) is 18.2 Å². The fourth-order valence-electron chi connectivity index (χ4n) is 3.62. The van der Waals surface area contributed by atoms with Gasteiger partial charge >= 0.3 is 0 Å². The molecule has 146 valence electrons. The standard InChI is InChI=1S/C18H18ClN5O3S/c1-24-17(20)23-18(10-28(24,26)27)7-6-11-2-4-13(8-14(11)18)22-16(25)15-5-3-12(19)9-21-15/h2-5,8-9H,6-7,10H2,1H3,(H2,20,23)(H,22,25). The maximum atomic E-state index is 12.5. The second-order valence-corrected chi connectivity index (χ2v) is 9.35. The number of nitrogens with zero attached hydrogens (tertiary/aromatic N) is 3. The lowest BCUT2D eigenvalue weighted by molar-refractivity contribution is 0.102. The molecule has 1 aromatic heterocycles. The molecule has 10 heteroatoms. The number of halogens is 1. The molecule has 1 spiro atoms. The van der Waals surface area contributed by atoms with Crippen molar-refractivity contribution in [3.8, 4) is 0 Å². The summed E-state index contributed by atoms with van der Waals surface area (Å²) in [4.78, 5) is 20.9. The number of hydrogen-bond acceptors (Lipinski definition) is 6. The topological polar surface area (TPSA) is 118 Å². The van der Waals surface area contributed by atoms with E-state index in [2.05, 4.69) is 15.3 Å². The van der Waals surface area contributed by atoms with Gasteiger partial charge in [-0.05, 0) is 48.2 Å². The van der Waals surface area contributed by atoms with Crippen molar-refractivity contribution in [2.75, 3.05) is 18.1 Å². The number of aromatic nitrogens is 1. The minimum Gasteiger partial charge on any atom is -0.369 e. The SMILES string of the molecule is CN1C(N)=NC2(CCc3ccc(NC(=O)c4ccc(Cl)cn4)cc32)CS1(=O)=O. The monoisotopic (exact) mass is 419 g/mol. The molecule has 0 saturated carbocycles. The quantitative estimate of drug-likeness (QED) is 0.768. The first-order valence-electron chi connectivity index (χ1n) is 8.58. The van der Waals surface area contributed by atoms with Gasteiger partial charge in [-0.2, -0.15) is 0 Å². The van der Waals surface area contributed by atoms with Crippen LogP contribution in [0.1, 0.15) is 28.0 Å². The summed E-state index contributed by atoms with van der Waals surface area (Å²) >= 11 is 5.80. The molecule has 4 rings (SSSR count). The van der Waals surface area contributed by atoms with Gasteiger partial charge in [-0.15, -0.1) is 0 Å². The van der Waals surface area contributed by atoms with Crippen LogP contribution >= 0.6 is 11.6 Å². The Labute approximate surface area is 167 Å². The first-order valence-corrected chi connectivity index (χ1v) is 10.6. The van der Waals surface area contributed by atoms with Crippen LogP contribution in [0.3, 0.4) is 0 Å². The number of amides is 1. The summed E-state index contributed by atoms with van der Waals surface area (Å²) < 4.78 is 26.0. The number of rotatable bonds is 2. The number of fused-ring (bicyclic) bond motifs is 2. The largest absolute Gasteiger partial charge is 0.369 e. The van der Waals surface area contributed by atoms with Crippen LogP contribution in [0.2, 0.25) is 5.02 Å². The van der Waals surface area contributed by atoms with E-state index in [0.29, 0.717) is 23.6 Å². The molecule has 2 aromatic rings. The maximum absolute atomic E-state index is 12.5. The molecule has 0 bridgehead atoms. The first-order chi connectivity index (χ1) is 13.2. The summed E-state index contributed by atoms with van der Waals surface area (Å²) in [6.45, 7) is 0. The van der Waals surface area contributed by atoms with Crippen molar-refractivity contribution in [3.05, 3.63) is 58.4 Å². The van der Waals surface area contributed by atoms with Crippen LogP contribution in [0.4, 0.5) is 5.69 Å². The van der Waals surface area contributed by atoms with Gasteiger partial charge in [0.2, 0.25) is 16.0 Å². The Balaban J connectivity index is 1.68. The molecule has 8 nitrogen and oxygen atoms in total. The van der Waals surface area contributed by atoms with Crippen LogP contribution < -0.4 is 11.1 Å². The van der Waals surface area contributed by atoms with Gasteiger partial charge in [0.25, 0.3) is 5.91 Å². The van der Waals surface area contributed by atoms with Crippen LogP contribution in [0, 0.1) is 0 Å². The Bertz CT molecular complexity index is 1100. The van der Waals surface area contributed by atoms with E-state index < -0.39 is 15.6 Å². The molecular weight excluding hydrogens is 402 g/mol. The number of carbonyl (C=O) groups is 1. The number of benzene rings is 1. The van der Waals surface area contributed by atoms with E-state index in [1.165, 1.54) is 19.3 Å². The lowest BCUT2D eigenvalue weighted by Crippen LogP contribution is -2.50. The zero-order valence-electron chi connectivity index (χ0n) is 15.0. The predicted molar refractivity (Wildman–Crippen MR) is 107 cm³/mol. The molecule has 1 aliphatic heterocycles. The summed E-state index contributed by atoms with van der Waals surface area (Å²) in [5.74, 6) is -0.568. The summed E-state index contributed by atoms with van der Waals surface area (Å²) in [5.41, 5.74) is 7.48. The molecule has 2 aliphatic rings. The zero-order chi connectivity index (χ0) is 20.1. The van der Waals surface area contributed by atoms with E-state index >= 15 is 0 Å². The van der Waals surface area contributed by atoms with E-state index in [4.69, 9.17) is 17.3 Å². The summed E-state index contributed by atoms with van der Waals surface area (Å²) in [5, 5.41) is 3.23. The highest BCUT2D eigenvalue weighted by atomic mass is 35.5. The lowest BCUT2D eigenvalue weighted by atomic mass is 9.94. The minimum absolute atomic E-state index is 0.0288. The summed E-state index contributed by atoms with van der Waals surface area (Å²) in [6, 6.07) is 8.55. The molecule has 1 atom stereocenters. The number of nitrogens with two attached hydrogens (primary N) is 1. The highest BCUT2D eigenvalue weighted by molar-refractivity contribution is 7.89. The van der Waals surface area contributed by atoms with E-state index in [-0.39, 0.29) is 23.3 Å². The van der Waals surface area contributed by atoms with Crippen molar-refractivity contribution in [1.29, 1.82) is 0 Å². The fraction of sp³-hybridized carbons (Fsp3) is 0.278. The number of hydrogen-bond donors (Lipinski definition) is 2. The highest BCUT2D eigenvalue weighted by Crippen LogP contribution is 2.44. The van der Waals surface area contributed by atoms with Gasteiger partial charge in [-0.1, -0.05) is 17.7 Å². The molecular formula is C18H18ClN5O3S. The van der Waals surface area contributed by atoms with Crippen LogP contribution in [-0.2, 0) is 22.0 Å². The molecule has 28 heavy (non-hydrogen) atoms. The fourth-order valence-corrected chi connectivity index (χ4v) is 5.22. The van der Waals surface area contributed by atoms with Gasteiger partial charge in [0.15, 0.2) is 0 Å². The Morgan fingerprint density at radius 3 is 2.79 bits per heavy atom. The Hall–Kier alpha value is -2.65. The number of sulfonamides is 1. The van der Waals surface area contributed by atoms with Crippen LogP contribution in [-0.4, -0.2) is 42.4 Å². The Morgan fingerprint density at radius 2 is 2.11 bits per heavy atom. The predicted octanol–water partition coefficient (Wildman–Crippen LogP) is 1.72. The van der Waals surface area contributed by atoms with Crippen molar-refractivity contribution in [2.45, 2.75) is 18.4 Å². The number of pyridine rings is 1. The number of carbonyl (C=O) groups excluding carboxylic acids is 1. The van der Waals surface area contributed by atoms with Crippen molar-refractivity contribution in [2.24, 2.45) is 10.7 Å². The molecule has 1 amide bonds. The van der Waals surface area contributed by atoms with Crippen molar-refractivity contribution in [3.63, 3.8) is 0 Å². The van der Waals surface area contributed by atoms with Crippen molar-refractivity contribution >= 4 is 39.2 Å². The van der Waals surface area contributed by atoms with Crippen LogP contribution in [0.15, 0.2) is 41.5 Å². The Morgan fingerprint density at radius 1 is 1.32 bits per heavy atom. The van der Waals surface area contributed by atoms with E-state index in [9.17, 15) is 13.2 Å². The van der Waals surface area contributed by atoms with Gasteiger partial charge in [-0.3, -0.25) is 4.79 Å². The molecule has 2 heterocycles. The third kappa shape index (κ3) is 3.10. The highest BCUT2D eigenvalue weighted by Gasteiger charge is 2.47. The number of aliphatic imine (C=N–C) groups is 1. The molecule has 0 radical (unpaired) electrons. The molecule has 1 aliphatic carbocycles. The van der Waals surface area contributed by atoms with Crippen molar-refractivity contribution < 1.29 is 13.2 Å². The number of aryl methyl sites for hydroxylation is 1. The van der Waals surface area contributed by atoms with Gasteiger partial charge < -0.3 is 11.1 Å². The smallest absolute Gasteiger partial charge is 0.274 e. The third-order valence-corrected chi connectivity index (χ3v) is 7.21. The summed E-state index contributed by atoms with van der Waals surface area (Å²) in [7, 11) is -2.16. The van der Waals surface area contributed by atoms with E-state index in [1.807, 2.05) is 6.07 Å². The van der Waals surface area contributed by atoms with Crippen LogP contribution in [0.5, 0.6) is 0 Å². The maximum Gasteiger partial charge on any atom is 0.274 e. The number of anilines is 1.